The number of rotatable bonds is 12. The molecule has 1 aliphatic carbocycles. The van der Waals surface area contributed by atoms with Crippen LogP contribution in [0.25, 0.3) is 22.5 Å². The van der Waals surface area contributed by atoms with Crippen LogP contribution in [0.15, 0.2) is 155 Å². The van der Waals surface area contributed by atoms with Gasteiger partial charge < -0.3 is 28.0 Å². The summed E-state index contributed by atoms with van der Waals surface area (Å²) in [5.41, 5.74) is 11.1. The number of hydrogen-bond acceptors (Lipinski definition) is 8. The lowest BCUT2D eigenvalue weighted by atomic mass is 9.91. The van der Waals surface area contributed by atoms with Gasteiger partial charge in [0.05, 0.1) is 0 Å². The van der Waals surface area contributed by atoms with Gasteiger partial charge in [-0.05, 0) is 44.5 Å². The third kappa shape index (κ3) is 8.82. The molecule has 0 aliphatic heterocycles. The van der Waals surface area contributed by atoms with Crippen LogP contribution >= 0.6 is 0 Å². The molecule has 0 unspecified atom stereocenters. The van der Waals surface area contributed by atoms with Gasteiger partial charge in [0.15, 0.2) is 11.5 Å². The molecule has 0 spiro atoms. The van der Waals surface area contributed by atoms with Gasteiger partial charge in [0.1, 0.15) is 60.8 Å². The quantitative estimate of drug-likeness (QED) is 0.113. The highest BCUT2D eigenvalue weighted by Gasteiger charge is 2.23. The lowest BCUT2D eigenvalue weighted by molar-refractivity contribution is 0.246. The largest absolute Gasteiger partial charge is 0.485 e. The van der Waals surface area contributed by atoms with E-state index in [0.29, 0.717) is 37.2 Å². The Morgan fingerprint density at radius 3 is 1.02 bits per heavy atom. The van der Waals surface area contributed by atoms with E-state index in [1.807, 2.05) is 72.8 Å². The first kappa shape index (κ1) is 39.5. The van der Waals surface area contributed by atoms with Crippen molar-refractivity contribution in [1.29, 1.82) is 0 Å². The van der Waals surface area contributed by atoms with Crippen LogP contribution in [-0.2, 0) is 38.9 Å². The Hall–Kier alpha value is -7.94. The maximum Gasteiger partial charge on any atom is 0.174 e. The molecule has 2 heterocycles. The average Bonchev–Trinajstić information content (AvgIpc) is 3.99. The zero-order valence-corrected chi connectivity index (χ0v) is 34.0. The molecule has 0 saturated carbocycles. The van der Waals surface area contributed by atoms with E-state index in [9.17, 15) is 0 Å². The first-order valence-corrected chi connectivity index (χ1v) is 20.5. The van der Waals surface area contributed by atoms with Gasteiger partial charge in [0.25, 0.3) is 0 Å². The monoisotopic (exact) mass is 814 g/mol. The predicted octanol–water partition coefficient (Wildman–Crippen LogP) is 10.9. The highest BCUT2D eigenvalue weighted by atomic mass is 16.5. The highest BCUT2D eigenvalue weighted by molar-refractivity contribution is 5.60. The van der Waals surface area contributed by atoms with Gasteiger partial charge in [-0.3, -0.25) is 0 Å². The molecule has 6 aromatic carbocycles. The standard InChI is InChI=1S/C54H42N2O6/c1-3-27-57-51-39-19-11-20-40(51)30-44-24-14-26-46(54(44)60-36-48-34-50(56-62-48)38-17-9-6-10-18-38)32-42-22-12-21-41(52(42)58-28-4-2)31-45-25-13-23-43(29-39)53(45)59-35-47-33-49(55-61-47)37-15-7-5-8-16-37/h1-2,5-26,33-34H,27-32,35-36H2. The Balaban J connectivity index is 1.13. The molecule has 8 aromatic rings. The SMILES string of the molecule is C#CCOc1c2cccc1Cc1cccc(c1OCc1cc(-c3ccccc3)no1)Cc1cccc(c1OCC#C)Cc1cccc(c1OCc1cc(-c3ccccc3)no1)C2. The molecule has 62 heavy (non-hydrogen) atoms. The summed E-state index contributed by atoms with van der Waals surface area (Å²) in [6.45, 7) is 0.556. The van der Waals surface area contributed by atoms with Crippen molar-refractivity contribution in [2.75, 3.05) is 13.2 Å². The summed E-state index contributed by atoms with van der Waals surface area (Å²) in [6, 6.07) is 48.6. The summed E-state index contributed by atoms with van der Waals surface area (Å²) in [6.07, 6.45) is 13.6. The molecule has 0 radical (unpaired) electrons. The molecule has 1 aliphatic rings. The number of nitrogens with zero attached hydrogens (tertiary/aromatic N) is 2. The summed E-state index contributed by atoms with van der Waals surface area (Å²) >= 11 is 0. The zero-order chi connectivity index (χ0) is 42.1. The molecule has 8 heteroatoms. The van der Waals surface area contributed by atoms with Crippen molar-refractivity contribution in [2.45, 2.75) is 38.9 Å². The van der Waals surface area contributed by atoms with Crippen molar-refractivity contribution in [2.24, 2.45) is 0 Å². The van der Waals surface area contributed by atoms with E-state index in [2.05, 4.69) is 95.0 Å². The van der Waals surface area contributed by atoms with Gasteiger partial charge in [-0.1, -0.05) is 156 Å². The molecule has 8 nitrogen and oxygen atoms in total. The second kappa shape index (κ2) is 18.5. The fraction of sp³-hybridized carbons (Fsp3) is 0.148. The molecular weight excluding hydrogens is 773 g/mol. The zero-order valence-electron chi connectivity index (χ0n) is 34.0. The van der Waals surface area contributed by atoms with Crippen molar-refractivity contribution in [1.82, 2.24) is 10.3 Å². The van der Waals surface area contributed by atoms with Crippen molar-refractivity contribution < 1.29 is 28.0 Å². The molecule has 0 atom stereocenters. The van der Waals surface area contributed by atoms with E-state index in [4.69, 9.17) is 40.8 Å². The molecule has 2 aromatic heterocycles. The smallest absolute Gasteiger partial charge is 0.174 e. The lowest BCUT2D eigenvalue weighted by Gasteiger charge is -2.22. The maximum atomic E-state index is 6.77. The Bertz CT molecular complexity index is 2620. The number of fused-ring (bicyclic) bond motifs is 8. The summed E-state index contributed by atoms with van der Waals surface area (Å²) in [5.74, 6) is 9.48. The molecule has 0 fully saturated rings. The Morgan fingerprint density at radius 2 is 0.710 bits per heavy atom. The van der Waals surface area contributed by atoms with Crippen LogP contribution in [0, 0.1) is 24.7 Å². The van der Waals surface area contributed by atoms with Crippen LogP contribution in [0.1, 0.15) is 56.0 Å². The minimum atomic E-state index is 0.108. The lowest BCUT2D eigenvalue weighted by Crippen LogP contribution is -2.09. The van der Waals surface area contributed by atoms with Crippen LogP contribution in [0.3, 0.4) is 0 Å². The molecule has 8 bridgehead atoms. The number of para-hydroxylation sites is 4. The minimum absolute atomic E-state index is 0.108. The molecule has 0 amide bonds. The second-order valence-electron chi connectivity index (χ2n) is 15.0. The first-order valence-electron chi connectivity index (χ1n) is 20.5. The van der Waals surface area contributed by atoms with Gasteiger partial charge in [-0.2, -0.15) is 0 Å². The van der Waals surface area contributed by atoms with Crippen LogP contribution in [0.2, 0.25) is 0 Å². The van der Waals surface area contributed by atoms with E-state index in [1.165, 1.54) is 0 Å². The van der Waals surface area contributed by atoms with Crippen molar-refractivity contribution >= 4 is 0 Å². The molecule has 304 valence electrons. The van der Waals surface area contributed by atoms with Crippen molar-refractivity contribution in [3.63, 3.8) is 0 Å². The Morgan fingerprint density at radius 1 is 0.403 bits per heavy atom. The van der Waals surface area contributed by atoms with E-state index >= 15 is 0 Å². The van der Waals surface area contributed by atoms with Gasteiger partial charge in [-0.25, -0.2) is 0 Å². The number of aromatic nitrogens is 2. The van der Waals surface area contributed by atoms with Gasteiger partial charge in [0, 0.05) is 48.9 Å². The van der Waals surface area contributed by atoms with E-state index in [1.54, 1.807) is 0 Å². The van der Waals surface area contributed by atoms with Crippen molar-refractivity contribution in [3.05, 3.63) is 202 Å². The normalized spacial score (nSPS) is 11.8. The minimum Gasteiger partial charge on any atom is -0.485 e. The summed E-state index contributed by atoms with van der Waals surface area (Å²) < 4.78 is 37.9. The second-order valence-corrected chi connectivity index (χ2v) is 15.0. The van der Waals surface area contributed by atoms with Gasteiger partial charge >= 0.3 is 0 Å². The molecule has 9 rings (SSSR count). The Labute approximate surface area is 361 Å². The number of terminal acetylenes is 2. The maximum absolute atomic E-state index is 6.77. The fourth-order valence-electron chi connectivity index (χ4n) is 7.99. The number of hydrogen-bond donors (Lipinski definition) is 0. The van der Waals surface area contributed by atoms with Gasteiger partial charge in [-0.15, -0.1) is 12.8 Å². The fourth-order valence-corrected chi connectivity index (χ4v) is 7.99. The van der Waals surface area contributed by atoms with E-state index < -0.39 is 0 Å². The van der Waals surface area contributed by atoms with Crippen molar-refractivity contribution in [3.8, 4) is 70.2 Å². The number of benzene rings is 6. The molecular formula is C54H42N2O6. The van der Waals surface area contributed by atoms with E-state index in [-0.39, 0.29) is 26.4 Å². The molecule has 0 saturated heterocycles. The molecule has 0 N–H and O–H groups in total. The summed E-state index contributed by atoms with van der Waals surface area (Å²) in [5, 5.41) is 8.66. The third-order valence-electron chi connectivity index (χ3n) is 10.8. The predicted molar refractivity (Wildman–Crippen MR) is 238 cm³/mol. The van der Waals surface area contributed by atoms with Crippen LogP contribution in [0.4, 0.5) is 0 Å². The number of ether oxygens (including phenoxy) is 4. The topological polar surface area (TPSA) is 89.0 Å². The van der Waals surface area contributed by atoms with E-state index in [0.717, 1.165) is 90.0 Å². The van der Waals surface area contributed by atoms with Gasteiger partial charge in [0.2, 0.25) is 0 Å². The van der Waals surface area contributed by atoms with Crippen LogP contribution in [0.5, 0.6) is 23.0 Å². The first-order chi connectivity index (χ1) is 30.6. The van der Waals surface area contributed by atoms with Crippen LogP contribution in [-0.4, -0.2) is 23.5 Å². The summed E-state index contributed by atoms with van der Waals surface area (Å²) in [4.78, 5) is 0. The average molecular weight is 815 g/mol. The highest BCUT2D eigenvalue weighted by Crippen LogP contribution is 2.39. The van der Waals surface area contributed by atoms with Crippen LogP contribution < -0.4 is 18.9 Å². The Kier molecular flexibility index (Phi) is 11.8. The summed E-state index contributed by atoms with van der Waals surface area (Å²) in [7, 11) is 0. The third-order valence-corrected chi connectivity index (χ3v) is 10.8.